The van der Waals surface area contributed by atoms with Gasteiger partial charge >= 0.3 is 0 Å². The second-order valence-electron chi connectivity index (χ2n) is 6.95. The number of amides is 2. The second kappa shape index (κ2) is 9.43. The van der Waals surface area contributed by atoms with Crippen molar-refractivity contribution in [2.24, 2.45) is 0 Å². The molecule has 1 fully saturated rings. The Hall–Kier alpha value is -2.77. The Labute approximate surface area is 165 Å². The maximum atomic E-state index is 12.8. The van der Waals surface area contributed by atoms with Crippen molar-refractivity contribution in [3.8, 4) is 0 Å². The van der Waals surface area contributed by atoms with E-state index >= 15 is 0 Å². The number of benzene rings is 1. The van der Waals surface area contributed by atoms with Crippen LogP contribution in [0.5, 0.6) is 0 Å². The number of nitrogens with zero attached hydrogens (tertiary/aromatic N) is 3. The van der Waals surface area contributed by atoms with E-state index in [2.05, 4.69) is 32.0 Å². The molecule has 7 nitrogen and oxygen atoms in total. The van der Waals surface area contributed by atoms with Crippen LogP contribution in [0.2, 0.25) is 0 Å². The van der Waals surface area contributed by atoms with Crippen LogP contribution in [0, 0.1) is 0 Å². The van der Waals surface area contributed by atoms with Gasteiger partial charge in [-0.05, 0) is 31.2 Å². The zero-order valence-electron chi connectivity index (χ0n) is 16.2. The van der Waals surface area contributed by atoms with Crippen molar-refractivity contribution in [2.45, 2.75) is 13.0 Å². The Bertz CT molecular complexity index is 840. The molecule has 2 aromatic rings. The van der Waals surface area contributed by atoms with E-state index in [4.69, 9.17) is 0 Å². The minimum Gasteiger partial charge on any atom is -0.352 e. The first-order valence-electron chi connectivity index (χ1n) is 9.57. The number of carbonyl (C=O) groups excluding carboxylic acids is 2. The summed E-state index contributed by atoms with van der Waals surface area (Å²) in [5.74, 6) is -0.0303. The van der Waals surface area contributed by atoms with Crippen LogP contribution in [0.25, 0.3) is 10.9 Å². The number of piperazine rings is 1. The smallest absolute Gasteiger partial charge is 0.241 e. The lowest BCUT2D eigenvalue weighted by Gasteiger charge is -2.37. The highest BCUT2D eigenvalue weighted by atomic mass is 16.2. The fraction of sp³-hybridized carbons (Fsp3) is 0.381. The lowest BCUT2D eigenvalue weighted by Crippen LogP contribution is -2.54. The van der Waals surface area contributed by atoms with Gasteiger partial charge < -0.3 is 10.6 Å². The topological polar surface area (TPSA) is 77.6 Å². The number of pyridine rings is 1. The first-order valence-corrected chi connectivity index (χ1v) is 9.57. The van der Waals surface area contributed by atoms with Gasteiger partial charge in [0.25, 0.3) is 0 Å². The molecule has 1 aliphatic heterocycles. The summed E-state index contributed by atoms with van der Waals surface area (Å²) in [6, 6.07) is 9.30. The summed E-state index contributed by atoms with van der Waals surface area (Å²) in [5, 5.41) is 6.76. The van der Waals surface area contributed by atoms with Gasteiger partial charge in [-0.25, -0.2) is 0 Å². The molecule has 0 saturated carbocycles. The molecule has 3 rings (SSSR count). The molecule has 1 saturated heterocycles. The van der Waals surface area contributed by atoms with Crippen LogP contribution in [-0.4, -0.2) is 71.9 Å². The average Bonchev–Trinajstić information content (AvgIpc) is 2.72. The minimum atomic E-state index is -0.247. The van der Waals surface area contributed by atoms with Gasteiger partial charge in [0.2, 0.25) is 11.8 Å². The number of carbonyl (C=O) groups is 2. The van der Waals surface area contributed by atoms with E-state index in [1.54, 1.807) is 12.3 Å². The van der Waals surface area contributed by atoms with Crippen LogP contribution in [0.1, 0.15) is 6.92 Å². The van der Waals surface area contributed by atoms with E-state index in [1.165, 1.54) is 0 Å². The van der Waals surface area contributed by atoms with E-state index in [9.17, 15) is 9.59 Å². The van der Waals surface area contributed by atoms with Gasteiger partial charge in [0, 0.05) is 44.3 Å². The highest BCUT2D eigenvalue weighted by Crippen LogP contribution is 2.21. The van der Waals surface area contributed by atoms with Crippen molar-refractivity contribution >= 4 is 28.4 Å². The largest absolute Gasteiger partial charge is 0.352 e. The summed E-state index contributed by atoms with van der Waals surface area (Å²) in [6.45, 7) is 9.41. The molecule has 0 bridgehead atoms. The lowest BCUT2D eigenvalue weighted by molar-refractivity contribution is -0.124. The monoisotopic (exact) mass is 381 g/mol. The molecule has 148 valence electrons. The SMILES string of the molecule is C=CCNC(=O)CN1CCN(C(C)C(=O)Nc2cccc3ncccc23)CC1. The van der Waals surface area contributed by atoms with Gasteiger partial charge in [-0.1, -0.05) is 12.1 Å². The van der Waals surface area contributed by atoms with E-state index < -0.39 is 0 Å². The number of nitrogens with one attached hydrogen (secondary N) is 2. The second-order valence-corrected chi connectivity index (χ2v) is 6.95. The van der Waals surface area contributed by atoms with Crippen LogP contribution in [0.4, 0.5) is 5.69 Å². The Morgan fingerprint density at radius 2 is 2.00 bits per heavy atom. The quantitative estimate of drug-likeness (QED) is 0.711. The van der Waals surface area contributed by atoms with Crippen molar-refractivity contribution < 1.29 is 9.59 Å². The summed E-state index contributed by atoms with van der Waals surface area (Å²) >= 11 is 0. The number of fused-ring (bicyclic) bond motifs is 1. The van der Waals surface area contributed by atoms with Crippen molar-refractivity contribution in [1.82, 2.24) is 20.1 Å². The van der Waals surface area contributed by atoms with Gasteiger partial charge in [-0.3, -0.25) is 24.4 Å². The Morgan fingerprint density at radius 1 is 1.21 bits per heavy atom. The normalized spacial score (nSPS) is 16.5. The molecule has 7 heteroatoms. The average molecular weight is 381 g/mol. The van der Waals surface area contributed by atoms with E-state index in [1.807, 2.05) is 37.3 Å². The van der Waals surface area contributed by atoms with E-state index in [-0.39, 0.29) is 17.9 Å². The van der Waals surface area contributed by atoms with Crippen molar-refractivity contribution in [3.05, 3.63) is 49.2 Å². The van der Waals surface area contributed by atoms with Gasteiger partial charge in [-0.2, -0.15) is 0 Å². The third-order valence-corrected chi connectivity index (χ3v) is 5.05. The Kier molecular flexibility index (Phi) is 6.73. The predicted octanol–water partition coefficient (Wildman–Crippen LogP) is 1.48. The molecule has 1 aliphatic rings. The van der Waals surface area contributed by atoms with Gasteiger partial charge in [0.05, 0.1) is 23.8 Å². The number of hydrogen-bond acceptors (Lipinski definition) is 5. The van der Waals surface area contributed by atoms with Gasteiger partial charge in [0.1, 0.15) is 0 Å². The van der Waals surface area contributed by atoms with E-state index in [0.29, 0.717) is 13.1 Å². The molecular formula is C21H27N5O2. The van der Waals surface area contributed by atoms with E-state index in [0.717, 1.165) is 42.8 Å². The molecule has 1 atom stereocenters. The molecule has 1 aromatic heterocycles. The fourth-order valence-corrected chi connectivity index (χ4v) is 3.37. The van der Waals surface area contributed by atoms with Crippen LogP contribution < -0.4 is 10.6 Å². The summed E-state index contributed by atoms with van der Waals surface area (Å²) in [5.41, 5.74) is 1.64. The third kappa shape index (κ3) is 4.94. The van der Waals surface area contributed by atoms with Gasteiger partial charge in [-0.15, -0.1) is 6.58 Å². The lowest BCUT2D eigenvalue weighted by atomic mass is 10.1. The molecule has 1 unspecified atom stereocenters. The van der Waals surface area contributed by atoms with Crippen LogP contribution in [-0.2, 0) is 9.59 Å². The molecular weight excluding hydrogens is 354 g/mol. The standard InChI is InChI=1S/C21H27N5O2/c1-3-9-23-20(27)15-25-11-13-26(14-12-25)16(2)21(28)24-19-8-4-7-18-17(19)6-5-10-22-18/h3-8,10,16H,1,9,11-15H2,2H3,(H,23,27)(H,24,28). The first kappa shape index (κ1) is 20.0. The molecule has 2 heterocycles. The molecule has 1 aromatic carbocycles. The molecule has 0 radical (unpaired) electrons. The summed E-state index contributed by atoms with van der Waals surface area (Å²) in [6.07, 6.45) is 3.41. The zero-order chi connectivity index (χ0) is 19.9. The Morgan fingerprint density at radius 3 is 2.75 bits per heavy atom. The molecule has 2 amide bonds. The molecule has 28 heavy (non-hydrogen) atoms. The van der Waals surface area contributed by atoms with Crippen LogP contribution in [0.3, 0.4) is 0 Å². The maximum Gasteiger partial charge on any atom is 0.241 e. The first-order chi connectivity index (χ1) is 13.6. The number of aromatic nitrogens is 1. The van der Waals surface area contributed by atoms with Crippen molar-refractivity contribution in [3.63, 3.8) is 0 Å². The minimum absolute atomic E-state index is 0.00343. The van der Waals surface area contributed by atoms with Gasteiger partial charge in [0.15, 0.2) is 0 Å². The van der Waals surface area contributed by atoms with Crippen LogP contribution in [0.15, 0.2) is 49.2 Å². The summed E-state index contributed by atoms with van der Waals surface area (Å²) in [4.78, 5) is 33.2. The number of rotatable bonds is 7. The molecule has 0 spiro atoms. The highest BCUT2D eigenvalue weighted by Gasteiger charge is 2.26. The zero-order valence-corrected chi connectivity index (χ0v) is 16.2. The maximum absolute atomic E-state index is 12.8. The predicted molar refractivity (Wildman–Crippen MR) is 111 cm³/mol. The van der Waals surface area contributed by atoms with Crippen LogP contribution >= 0.6 is 0 Å². The molecule has 2 N–H and O–H groups in total. The summed E-state index contributed by atoms with van der Waals surface area (Å²) in [7, 11) is 0. The molecule has 0 aliphatic carbocycles. The van der Waals surface area contributed by atoms with Crippen molar-refractivity contribution in [2.75, 3.05) is 44.6 Å². The Balaban J connectivity index is 1.53. The highest BCUT2D eigenvalue weighted by molar-refractivity contribution is 6.02. The number of anilines is 1. The summed E-state index contributed by atoms with van der Waals surface area (Å²) < 4.78 is 0. The third-order valence-electron chi connectivity index (χ3n) is 5.05. The number of hydrogen-bond donors (Lipinski definition) is 2. The fourth-order valence-electron chi connectivity index (χ4n) is 3.37. The van der Waals surface area contributed by atoms with Crippen molar-refractivity contribution in [1.29, 1.82) is 0 Å².